The minimum absolute atomic E-state index is 0.0193. The Bertz CT molecular complexity index is 484. The highest BCUT2D eigenvalue weighted by Crippen LogP contribution is 2.25. The fourth-order valence-corrected chi connectivity index (χ4v) is 2.18. The van der Waals surface area contributed by atoms with E-state index in [1.54, 1.807) is 0 Å². The number of ketones is 1. The van der Waals surface area contributed by atoms with Crippen molar-refractivity contribution in [3.63, 3.8) is 0 Å². The Balaban J connectivity index is 1.77. The first-order valence-electron chi connectivity index (χ1n) is 7.08. The largest absolute Gasteiger partial charge is 0.352 e. The minimum Gasteiger partial charge on any atom is -0.352 e. The molecule has 0 bridgehead atoms. The first kappa shape index (κ1) is 16.0. The van der Waals surface area contributed by atoms with Crippen LogP contribution < -0.4 is 0 Å². The molecule has 0 radical (unpaired) electrons. The predicted molar refractivity (Wildman–Crippen MR) is 74.0 cm³/mol. The highest BCUT2D eigenvalue weighted by molar-refractivity contribution is 5.96. The lowest BCUT2D eigenvalue weighted by Crippen LogP contribution is -2.37. The molecule has 0 saturated carbocycles. The summed E-state index contributed by atoms with van der Waals surface area (Å²) in [6.07, 6.45) is 1.08. The van der Waals surface area contributed by atoms with E-state index in [0.29, 0.717) is 26.1 Å². The van der Waals surface area contributed by atoms with Crippen molar-refractivity contribution in [1.82, 2.24) is 0 Å². The highest BCUT2D eigenvalue weighted by atomic mass is 19.1. The smallest absolute Gasteiger partial charge is 0.163 e. The molecule has 1 saturated heterocycles. The van der Waals surface area contributed by atoms with Gasteiger partial charge in [-0.1, -0.05) is 13.8 Å². The molecule has 0 aliphatic carbocycles. The van der Waals surface area contributed by atoms with Crippen molar-refractivity contribution >= 4 is 5.78 Å². The van der Waals surface area contributed by atoms with Gasteiger partial charge in [-0.3, -0.25) is 4.79 Å². The van der Waals surface area contributed by atoms with E-state index in [9.17, 15) is 13.6 Å². The van der Waals surface area contributed by atoms with E-state index in [-0.39, 0.29) is 29.5 Å². The summed E-state index contributed by atoms with van der Waals surface area (Å²) < 4.78 is 37.2. The van der Waals surface area contributed by atoms with Crippen LogP contribution >= 0.6 is 0 Å². The van der Waals surface area contributed by atoms with Crippen molar-refractivity contribution in [2.75, 3.05) is 13.2 Å². The third-order valence-corrected chi connectivity index (χ3v) is 3.35. The minimum atomic E-state index is -0.737. The Morgan fingerprint density at radius 1 is 1.19 bits per heavy atom. The zero-order chi connectivity index (χ0) is 15.5. The predicted octanol–water partition coefficient (Wildman–Crippen LogP) is 3.72. The van der Waals surface area contributed by atoms with E-state index in [2.05, 4.69) is 13.8 Å². The molecule has 1 heterocycles. The van der Waals surface area contributed by atoms with Crippen LogP contribution in [0.2, 0.25) is 0 Å². The number of carbonyl (C=O) groups excluding carboxylic acids is 1. The lowest BCUT2D eigenvalue weighted by Gasteiger charge is -2.34. The van der Waals surface area contributed by atoms with Gasteiger partial charge in [0.05, 0.1) is 13.2 Å². The summed E-state index contributed by atoms with van der Waals surface area (Å²) in [6.45, 7) is 5.37. The molecule has 3 nitrogen and oxygen atoms in total. The molecule has 5 heteroatoms. The SMILES string of the molecule is CC1(C)COC(CCCC(=O)c2cc(F)cc(F)c2)OC1. The van der Waals surface area contributed by atoms with Gasteiger partial charge in [-0.05, 0) is 25.0 Å². The third-order valence-electron chi connectivity index (χ3n) is 3.35. The Kier molecular flexibility index (Phi) is 5.06. The van der Waals surface area contributed by atoms with Crippen LogP contribution in [0.4, 0.5) is 8.78 Å². The average Bonchev–Trinajstić information content (AvgIpc) is 2.39. The maximum absolute atomic E-state index is 13.0. The monoisotopic (exact) mass is 298 g/mol. The summed E-state index contributed by atoms with van der Waals surface area (Å²) in [5, 5.41) is 0. The van der Waals surface area contributed by atoms with Crippen molar-refractivity contribution in [3.05, 3.63) is 35.4 Å². The van der Waals surface area contributed by atoms with E-state index in [4.69, 9.17) is 9.47 Å². The molecule has 0 amide bonds. The van der Waals surface area contributed by atoms with Gasteiger partial charge in [-0.2, -0.15) is 0 Å². The standard InChI is InChI=1S/C16H20F2O3/c1-16(2)9-20-15(21-10-16)5-3-4-14(19)11-6-12(17)8-13(18)7-11/h6-8,15H,3-5,9-10H2,1-2H3. The van der Waals surface area contributed by atoms with Crippen LogP contribution in [0.1, 0.15) is 43.5 Å². The second kappa shape index (κ2) is 6.62. The van der Waals surface area contributed by atoms with Gasteiger partial charge in [0.15, 0.2) is 12.1 Å². The highest BCUT2D eigenvalue weighted by Gasteiger charge is 2.28. The van der Waals surface area contributed by atoms with Gasteiger partial charge in [0, 0.05) is 23.5 Å². The van der Waals surface area contributed by atoms with Gasteiger partial charge < -0.3 is 9.47 Å². The molecule has 1 aliphatic heterocycles. The molecule has 1 aliphatic rings. The molecular formula is C16H20F2O3. The molecule has 116 valence electrons. The van der Waals surface area contributed by atoms with Crippen LogP contribution in [0.15, 0.2) is 18.2 Å². The van der Waals surface area contributed by atoms with Crippen LogP contribution in [0.3, 0.4) is 0 Å². The fraction of sp³-hybridized carbons (Fsp3) is 0.562. The molecule has 1 aromatic rings. The summed E-state index contributed by atoms with van der Waals surface area (Å²) in [4.78, 5) is 11.9. The van der Waals surface area contributed by atoms with Gasteiger partial charge >= 0.3 is 0 Å². The molecule has 0 atom stereocenters. The van der Waals surface area contributed by atoms with Crippen LogP contribution in [0, 0.1) is 17.0 Å². The lowest BCUT2D eigenvalue weighted by atomic mass is 9.95. The number of rotatable bonds is 5. The molecule has 21 heavy (non-hydrogen) atoms. The number of hydrogen-bond donors (Lipinski definition) is 0. The molecular weight excluding hydrogens is 278 g/mol. The average molecular weight is 298 g/mol. The number of hydrogen-bond acceptors (Lipinski definition) is 3. The second-order valence-corrected chi connectivity index (χ2v) is 6.19. The lowest BCUT2D eigenvalue weighted by molar-refractivity contribution is -0.223. The van der Waals surface area contributed by atoms with E-state index in [0.717, 1.165) is 18.2 Å². The van der Waals surface area contributed by atoms with Crippen molar-refractivity contribution in [2.45, 2.75) is 39.4 Å². The summed E-state index contributed by atoms with van der Waals surface area (Å²) >= 11 is 0. The van der Waals surface area contributed by atoms with E-state index < -0.39 is 11.6 Å². The second-order valence-electron chi connectivity index (χ2n) is 6.19. The van der Waals surface area contributed by atoms with Crippen molar-refractivity contribution in [2.24, 2.45) is 5.41 Å². The summed E-state index contributed by atoms with van der Waals surface area (Å²) in [5.74, 6) is -1.75. The third kappa shape index (κ3) is 4.86. The van der Waals surface area contributed by atoms with Crippen LogP contribution in [0.25, 0.3) is 0 Å². The topological polar surface area (TPSA) is 35.5 Å². The zero-order valence-electron chi connectivity index (χ0n) is 12.3. The van der Waals surface area contributed by atoms with Gasteiger partial charge in [0.25, 0.3) is 0 Å². The molecule has 0 unspecified atom stereocenters. The normalized spacial score (nSPS) is 18.7. The van der Waals surface area contributed by atoms with Crippen LogP contribution in [0.5, 0.6) is 0 Å². The van der Waals surface area contributed by atoms with E-state index >= 15 is 0 Å². The van der Waals surface area contributed by atoms with Crippen LogP contribution in [-0.4, -0.2) is 25.3 Å². The number of halogens is 2. The van der Waals surface area contributed by atoms with Crippen molar-refractivity contribution in [3.8, 4) is 0 Å². The zero-order valence-corrected chi connectivity index (χ0v) is 12.3. The number of carbonyl (C=O) groups is 1. The van der Waals surface area contributed by atoms with Crippen molar-refractivity contribution in [1.29, 1.82) is 0 Å². The molecule has 1 fully saturated rings. The first-order chi connectivity index (χ1) is 9.85. The molecule has 2 rings (SSSR count). The Labute approximate surface area is 123 Å². The molecule has 1 aromatic carbocycles. The van der Waals surface area contributed by atoms with E-state index in [1.165, 1.54) is 0 Å². The Morgan fingerprint density at radius 3 is 2.33 bits per heavy atom. The number of benzene rings is 1. The van der Waals surface area contributed by atoms with Gasteiger partial charge in [-0.15, -0.1) is 0 Å². The molecule has 0 aromatic heterocycles. The molecule has 0 N–H and O–H groups in total. The Morgan fingerprint density at radius 2 is 1.76 bits per heavy atom. The number of Topliss-reactive ketones (excluding diaryl/α,β-unsaturated/α-hetero) is 1. The fourth-order valence-electron chi connectivity index (χ4n) is 2.18. The summed E-state index contributed by atoms with van der Waals surface area (Å²) in [5.41, 5.74) is 0.0879. The summed E-state index contributed by atoms with van der Waals surface area (Å²) in [7, 11) is 0. The summed E-state index contributed by atoms with van der Waals surface area (Å²) in [6, 6.07) is 2.87. The van der Waals surface area contributed by atoms with Gasteiger partial charge in [-0.25, -0.2) is 8.78 Å². The molecule has 0 spiro atoms. The maximum Gasteiger partial charge on any atom is 0.163 e. The van der Waals surface area contributed by atoms with Crippen molar-refractivity contribution < 1.29 is 23.0 Å². The number of ether oxygens (including phenoxy) is 2. The Hall–Kier alpha value is -1.33. The van der Waals surface area contributed by atoms with Gasteiger partial charge in [0.1, 0.15) is 11.6 Å². The maximum atomic E-state index is 13.0. The van der Waals surface area contributed by atoms with Gasteiger partial charge in [0.2, 0.25) is 0 Å². The van der Waals surface area contributed by atoms with Crippen LogP contribution in [-0.2, 0) is 9.47 Å². The quantitative estimate of drug-likeness (QED) is 0.777. The first-order valence-corrected chi connectivity index (χ1v) is 7.08. The van der Waals surface area contributed by atoms with E-state index in [1.807, 2.05) is 0 Å².